The van der Waals surface area contributed by atoms with Crippen LogP contribution in [0.3, 0.4) is 0 Å². The van der Waals surface area contributed by atoms with Crippen LogP contribution in [0, 0.1) is 6.92 Å². The van der Waals surface area contributed by atoms with Crippen LogP contribution in [-0.4, -0.2) is 20.4 Å². The molecule has 172 valence electrons. The second-order valence-corrected chi connectivity index (χ2v) is 8.77. The van der Waals surface area contributed by atoms with Crippen molar-refractivity contribution in [2.45, 2.75) is 47.5 Å². The first kappa shape index (κ1) is 22.3. The molecule has 7 heteroatoms. The fourth-order valence-electron chi connectivity index (χ4n) is 3.96. The smallest absolute Gasteiger partial charge is 0.302 e. The molecule has 0 aliphatic carbocycles. The predicted octanol–water partition coefficient (Wildman–Crippen LogP) is 5.84. The number of rotatable bonds is 4. The number of benzene rings is 2. The van der Waals surface area contributed by atoms with Gasteiger partial charge in [-0.15, -0.1) is 0 Å². The van der Waals surface area contributed by atoms with E-state index in [2.05, 4.69) is 0 Å². The van der Waals surface area contributed by atoms with Gasteiger partial charge in [-0.05, 0) is 47.5 Å². The van der Waals surface area contributed by atoms with Gasteiger partial charge in [-0.25, -0.2) is 0 Å². The molecule has 2 heterocycles. The summed E-state index contributed by atoms with van der Waals surface area (Å²) in [6, 6.07) is 1.33. The maximum absolute atomic E-state index is 13.6. The van der Waals surface area contributed by atoms with Gasteiger partial charge >= 0.3 is 5.78 Å². The number of aromatic hydroxyl groups is 4. The summed E-state index contributed by atoms with van der Waals surface area (Å²) in [5, 5.41) is 42.7. The molecule has 2 aromatic heterocycles. The third-order valence-corrected chi connectivity index (χ3v) is 5.81. The van der Waals surface area contributed by atoms with Crippen molar-refractivity contribution < 1.29 is 29.3 Å². The molecule has 4 aromatic rings. The Kier molecular flexibility index (Phi) is 5.36. The van der Waals surface area contributed by atoms with Gasteiger partial charge in [-0.2, -0.15) is 0 Å². The minimum atomic E-state index is -0.599. The van der Waals surface area contributed by atoms with E-state index >= 15 is 0 Å². The predicted molar refractivity (Wildman–Crippen MR) is 127 cm³/mol. The van der Waals surface area contributed by atoms with E-state index in [0.717, 1.165) is 11.1 Å². The molecule has 0 fully saturated rings. The Morgan fingerprint density at radius 2 is 1.42 bits per heavy atom. The Hall–Kier alpha value is -3.87. The van der Waals surface area contributed by atoms with E-state index in [0.29, 0.717) is 5.56 Å². The Balaban J connectivity index is 2.16. The summed E-state index contributed by atoms with van der Waals surface area (Å²) >= 11 is 0. The molecule has 0 atom stereocenters. The van der Waals surface area contributed by atoms with Gasteiger partial charge in [0.1, 0.15) is 39.4 Å². The molecule has 4 rings (SSSR count). The summed E-state index contributed by atoms with van der Waals surface area (Å²) in [4.78, 5) is 13.6. The number of hydrogen-bond acceptors (Lipinski definition) is 7. The van der Waals surface area contributed by atoms with Crippen molar-refractivity contribution in [1.82, 2.24) is 0 Å². The Labute approximate surface area is 189 Å². The first-order chi connectivity index (χ1) is 15.5. The molecule has 0 amide bonds. The summed E-state index contributed by atoms with van der Waals surface area (Å²) in [6.07, 6.45) is 4.24. The number of phenolic OH excluding ortho intramolecular Hbond substituents is 4. The van der Waals surface area contributed by atoms with Crippen LogP contribution in [0.15, 0.2) is 43.0 Å². The highest BCUT2D eigenvalue weighted by Crippen LogP contribution is 2.44. The number of furan rings is 1. The van der Waals surface area contributed by atoms with Crippen molar-refractivity contribution in [2.24, 2.45) is 0 Å². The molecule has 0 saturated heterocycles. The Morgan fingerprint density at radius 1 is 0.818 bits per heavy atom. The maximum Gasteiger partial charge on any atom is 0.302 e. The van der Waals surface area contributed by atoms with E-state index in [1.807, 2.05) is 39.8 Å². The van der Waals surface area contributed by atoms with Crippen molar-refractivity contribution >= 4 is 33.1 Å². The zero-order valence-electron chi connectivity index (χ0n) is 19.2. The van der Waals surface area contributed by atoms with Crippen LogP contribution in [0.1, 0.15) is 44.4 Å². The van der Waals surface area contributed by atoms with Crippen molar-refractivity contribution in [1.29, 1.82) is 0 Å². The lowest BCUT2D eigenvalue weighted by molar-refractivity contribution is 0.440. The second-order valence-electron chi connectivity index (χ2n) is 8.77. The van der Waals surface area contributed by atoms with E-state index in [-0.39, 0.29) is 74.3 Å². The average Bonchev–Trinajstić information content (AvgIpc) is 3.09. The third-order valence-electron chi connectivity index (χ3n) is 5.81. The normalized spacial score (nSPS) is 11.4. The van der Waals surface area contributed by atoms with Crippen LogP contribution >= 0.6 is 0 Å². The first-order valence-corrected chi connectivity index (χ1v) is 10.6. The Morgan fingerprint density at radius 3 is 2.03 bits per heavy atom. The lowest BCUT2D eigenvalue weighted by atomic mass is 9.98. The standard InChI is InChI=1S/C26H26O7/c1-11(2)6-8-14-16(27)10-17-18(23(14)30)19-24(31)20-22(29)13(5)21(28)15(9-7-12(3)4)25(20)33-26(19)32-17/h6-7,10,27-30H,8-9H2,1-5H3. The van der Waals surface area contributed by atoms with Crippen LogP contribution in [0.4, 0.5) is 0 Å². The van der Waals surface area contributed by atoms with Crippen molar-refractivity contribution in [2.75, 3.05) is 0 Å². The fourth-order valence-corrected chi connectivity index (χ4v) is 3.96. The van der Waals surface area contributed by atoms with Gasteiger partial charge in [-0.3, -0.25) is 4.79 Å². The number of phenols is 4. The number of fused-ring (bicyclic) bond motifs is 4. The van der Waals surface area contributed by atoms with Gasteiger partial charge in [0.25, 0.3) is 0 Å². The minimum absolute atomic E-state index is 0.0122. The Bertz CT molecular complexity index is 1550. The van der Waals surface area contributed by atoms with E-state index in [1.165, 1.54) is 13.0 Å². The van der Waals surface area contributed by atoms with Crippen LogP contribution in [0.25, 0.3) is 33.1 Å². The highest BCUT2D eigenvalue weighted by atomic mass is 16.5. The molecule has 2 aromatic carbocycles. The van der Waals surface area contributed by atoms with E-state index < -0.39 is 11.2 Å². The molecular weight excluding hydrogens is 424 g/mol. The van der Waals surface area contributed by atoms with Crippen molar-refractivity contribution in [3.05, 3.63) is 56.3 Å². The van der Waals surface area contributed by atoms with E-state index in [1.54, 1.807) is 0 Å². The molecule has 0 unspecified atom stereocenters. The van der Waals surface area contributed by atoms with Crippen LogP contribution in [0.2, 0.25) is 0 Å². The zero-order valence-corrected chi connectivity index (χ0v) is 19.2. The third kappa shape index (κ3) is 3.50. The second kappa shape index (κ2) is 7.92. The van der Waals surface area contributed by atoms with Gasteiger partial charge < -0.3 is 29.3 Å². The lowest BCUT2D eigenvalue weighted by Crippen LogP contribution is -2.05. The largest absolute Gasteiger partial charge is 0.507 e. The van der Waals surface area contributed by atoms with Crippen LogP contribution in [0.5, 0.6) is 23.0 Å². The lowest BCUT2D eigenvalue weighted by Gasteiger charge is -2.12. The highest BCUT2D eigenvalue weighted by Gasteiger charge is 2.27. The number of allylic oxidation sites excluding steroid dienone is 4. The summed E-state index contributed by atoms with van der Waals surface area (Å²) in [7, 11) is 0. The molecule has 0 aliphatic heterocycles. The summed E-state index contributed by atoms with van der Waals surface area (Å²) in [6.45, 7) is 9.12. The van der Waals surface area contributed by atoms with Crippen molar-refractivity contribution in [3.63, 3.8) is 0 Å². The summed E-state index contributed by atoms with van der Waals surface area (Å²) in [5.74, 6) is -1.18. The zero-order chi connectivity index (χ0) is 24.2. The number of hydrogen-bond donors (Lipinski definition) is 4. The molecule has 0 aliphatic rings. The topological polar surface area (TPSA) is 124 Å². The summed E-state index contributed by atoms with van der Waals surface area (Å²) in [5.41, 5.74) is 2.24. The van der Waals surface area contributed by atoms with Crippen molar-refractivity contribution in [3.8, 4) is 23.0 Å². The minimum Gasteiger partial charge on any atom is -0.507 e. The molecule has 33 heavy (non-hydrogen) atoms. The average molecular weight is 450 g/mol. The first-order valence-electron chi connectivity index (χ1n) is 10.6. The molecule has 0 bridgehead atoms. The molecule has 4 N–H and O–H groups in total. The monoisotopic (exact) mass is 450 g/mol. The van der Waals surface area contributed by atoms with E-state index in [4.69, 9.17) is 8.83 Å². The summed E-state index contributed by atoms with van der Waals surface area (Å²) < 4.78 is 11.6. The fraction of sp³-hybridized carbons (Fsp3) is 0.269. The van der Waals surface area contributed by atoms with Gasteiger partial charge in [0.05, 0.1) is 5.39 Å². The molecule has 7 nitrogen and oxygen atoms in total. The quantitative estimate of drug-likeness (QED) is 0.288. The highest BCUT2D eigenvalue weighted by molar-refractivity contribution is 6.11. The molecule has 0 radical (unpaired) electrons. The van der Waals surface area contributed by atoms with Gasteiger partial charge in [-0.1, -0.05) is 23.3 Å². The van der Waals surface area contributed by atoms with Crippen LogP contribution in [-0.2, 0) is 12.8 Å². The molecule has 0 saturated carbocycles. The van der Waals surface area contributed by atoms with Gasteiger partial charge in [0, 0.05) is 22.8 Å². The molecular formula is C26H26O7. The SMILES string of the molecule is CC(C)=CCc1c(O)cc2oc3oc4c(CC=C(C)C)c(O)c(C)c(O)c4c(=O)c3c2c1O. The van der Waals surface area contributed by atoms with Gasteiger partial charge in [0.15, 0.2) is 5.58 Å². The van der Waals surface area contributed by atoms with E-state index in [9.17, 15) is 25.2 Å². The van der Waals surface area contributed by atoms with Gasteiger partial charge in [0.2, 0.25) is 5.43 Å². The van der Waals surface area contributed by atoms with Crippen LogP contribution < -0.4 is 5.43 Å². The molecule has 0 spiro atoms. The maximum atomic E-state index is 13.6.